The van der Waals surface area contributed by atoms with Gasteiger partial charge >= 0.3 is 5.97 Å². The molecule has 0 spiro atoms. The molecule has 0 aliphatic heterocycles. The second kappa shape index (κ2) is 13.0. The summed E-state index contributed by atoms with van der Waals surface area (Å²) in [5, 5.41) is 27.1. The number of aromatic nitrogens is 1. The highest BCUT2D eigenvalue weighted by Crippen LogP contribution is 2.19. The Balaban J connectivity index is 2.15. The third-order valence-corrected chi connectivity index (χ3v) is 5.87. The Bertz CT molecular complexity index is 1010. The van der Waals surface area contributed by atoms with Crippen molar-refractivity contribution in [3.63, 3.8) is 0 Å². The van der Waals surface area contributed by atoms with Gasteiger partial charge in [0.1, 0.15) is 18.1 Å². The van der Waals surface area contributed by atoms with Crippen LogP contribution in [0.4, 0.5) is 0 Å². The number of amides is 3. The van der Waals surface area contributed by atoms with Crippen molar-refractivity contribution in [1.82, 2.24) is 20.9 Å². The number of carbonyl (C=O) groups is 4. The summed E-state index contributed by atoms with van der Waals surface area (Å²) in [6, 6.07) is 4.04. The van der Waals surface area contributed by atoms with Gasteiger partial charge in [0.2, 0.25) is 17.7 Å². The fourth-order valence-corrected chi connectivity index (χ4v) is 3.72. The minimum Gasteiger partial charge on any atom is -0.480 e. The molecule has 0 radical (unpaired) electrons. The van der Waals surface area contributed by atoms with Crippen molar-refractivity contribution >= 4 is 46.4 Å². The normalized spacial score (nSPS) is 14.6. The van der Waals surface area contributed by atoms with Crippen LogP contribution in [0.1, 0.15) is 18.9 Å². The molecule has 34 heavy (non-hydrogen) atoms. The molecule has 12 heteroatoms. The van der Waals surface area contributed by atoms with Gasteiger partial charge in [0.15, 0.2) is 0 Å². The monoisotopic (exact) mass is 493 g/mol. The number of fused-ring (bicyclic) bond motifs is 1. The molecule has 1 aromatic carbocycles. The zero-order chi connectivity index (χ0) is 25.3. The van der Waals surface area contributed by atoms with E-state index in [0.717, 1.165) is 16.5 Å². The Hall–Kier alpha value is -3.09. The summed E-state index contributed by atoms with van der Waals surface area (Å²) in [5.74, 6) is -2.67. The molecule has 0 aliphatic rings. The summed E-state index contributed by atoms with van der Waals surface area (Å²) in [6.07, 6.45) is 2.78. The molecule has 0 bridgehead atoms. The van der Waals surface area contributed by atoms with Gasteiger partial charge in [-0.15, -0.1) is 0 Å². The van der Waals surface area contributed by atoms with Crippen LogP contribution in [0.3, 0.4) is 0 Å². The average molecular weight is 494 g/mol. The Labute approximate surface area is 201 Å². The van der Waals surface area contributed by atoms with Crippen LogP contribution in [0.25, 0.3) is 10.9 Å². The first-order chi connectivity index (χ1) is 16.1. The lowest BCUT2D eigenvalue weighted by Crippen LogP contribution is -2.55. The topological polar surface area (TPSA) is 187 Å². The number of thioether (sulfide) groups is 1. The summed E-state index contributed by atoms with van der Waals surface area (Å²) in [4.78, 5) is 52.1. The third-order valence-electron chi connectivity index (χ3n) is 5.22. The number of aliphatic carboxylic acids is 1. The molecule has 186 valence electrons. The summed E-state index contributed by atoms with van der Waals surface area (Å²) in [7, 11) is 0. The molecule has 8 N–H and O–H groups in total. The molecule has 1 heterocycles. The Kier molecular flexibility index (Phi) is 10.4. The molecule has 0 saturated carbocycles. The third kappa shape index (κ3) is 7.75. The largest absolute Gasteiger partial charge is 0.480 e. The first-order valence-electron chi connectivity index (χ1n) is 10.7. The fraction of sp³-hybridized carbons (Fsp3) is 0.455. The maximum Gasteiger partial charge on any atom is 0.326 e. The number of aromatic amines is 1. The summed E-state index contributed by atoms with van der Waals surface area (Å²) in [5.41, 5.74) is 7.15. The molecule has 4 unspecified atom stereocenters. The number of carboxylic acid groups (broad SMARTS) is 1. The van der Waals surface area contributed by atoms with Crippen LogP contribution in [-0.2, 0) is 25.6 Å². The number of carboxylic acids is 1. The number of aliphatic hydroxyl groups excluding tert-OH is 1. The molecule has 0 fully saturated rings. The predicted molar refractivity (Wildman–Crippen MR) is 129 cm³/mol. The smallest absolute Gasteiger partial charge is 0.326 e. The number of hydrogen-bond acceptors (Lipinski definition) is 7. The quantitative estimate of drug-likeness (QED) is 0.192. The van der Waals surface area contributed by atoms with Gasteiger partial charge in [-0.1, -0.05) is 18.2 Å². The molecule has 2 aromatic rings. The van der Waals surface area contributed by atoms with Crippen LogP contribution in [0, 0.1) is 0 Å². The zero-order valence-corrected chi connectivity index (χ0v) is 19.9. The molecule has 1 aromatic heterocycles. The van der Waals surface area contributed by atoms with E-state index in [2.05, 4.69) is 20.9 Å². The summed E-state index contributed by atoms with van der Waals surface area (Å²) < 4.78 is 0. The van der Waals surface area contributed by atoms with Crippen molar-refractivity contribution in [2.45, 2.75) is 44.0 Å². The first-order valence-corrected chi connectivity index (χ1v) is 12.1. The SMILES string of the molecule is CSCCC(NC(=O)C(Cc1c[nH]c2ccccc12)NC(=O)CNC(=O)C(N)C(C)O)C(=O)O. The molecule has 3 amide bonds. The van der Waals surface area contributed by atoms with Gasteiger partial charge in [-0.25, -0.2) is 4.79 Å². The Morgan fingerprint density at radius 2 is 1.82 bits per heavy atom. The van der Waals surface area contributed by atoms with Gasteiger partial charge < -0.3 is 36.9 Å². The van der Waals surface area contributed by atoms with Gasteiger partial charge in [0, 0.05) is 23.5 Å². The van der Waals surface area contributed by atoms with Gasteiger partial charge in [-0.2, -0.15) is 11.8 Å². The molecular weight excluding hydrogens is 462 g/mol. The van der Waals surface area contributed by atoms with Gasteiger partial charge in [-0.3, -0.25) is 14.4 Å². The molecule has 2 rings (SSSR count). The van der Waals surface area contributed by atoms with Crippen molar-refractivity contribution in [2.24, 2.45) is 5.73 Å². The van der Waals surface area contributed by atoms with Crippen LogP contribution < -0.4 is 21.7 Å². The van der Waals surface area contributed by atoms with Crippen LogP contribution >= 0.6 is 11.8 Å². The number of carbonyl (C=O) groups excluding carboxylic acids is 3. The number of aliphatic hydroxyl groups is 1. The van der Waals surface area contributed by atoms with Crippen molar-refractivity contribution < 1.29 is 29.4 Å². The van der Waals surface area contributed by atoms with Crippen LogP contribution in [0.2, 0.25) is 0 Å². The molecule has 4 atom stereocenters. The molecule has 11 nitrogen and oxygen atoms in total. The van der Waals surface area contributed by atoms with E-state index in [0.29, 0.717) is 5.75 Å². The zero-order valence-electron chi connectivity index (χ0n) is 19.0. The van der Waals surface area contributed by atoms with Crippen molar-refractivity contribution in [3.8, 4) is 0 Å². The highest BCUT2D eigenvalue weighted by Gasteiger charge is 2.28. The molecule has 0 saturated heterocycles. The Morgan fingerprint density at radius 1 is 1.12 bits per heavy atom. The lowest BCUT2D eigenvalue weighted by Gasteiger charge is -2.22. The minimum atomic E-state index is -1.20. The summed E-state index contributed by atoms with van der Waals surface area (Å²) >= 11 is 1.46. The van der Waals surface area contributed by atoms with Crippen molar-refractivity contribution in [2.75, 3.05) is 18.6 Å². The second-order valence-electron chi connectivity index (χ2n) is 7.85. The van der Waals surface area contributed by atoms with Crippen LogP contribution in [0.15, 0.2) is 30.5 Å². The standard InChI is InChI=1S/C22H31N5O6S/c1-12(28)19(23)21(31)25-11-18(29)26-17(20(30)27-16(22(32)33)7-8-34-2)9-13-10-24-15-6-4-3-5-14(13)15/h3-6,10,12,16-17,19,24,28H,7-9,11,23H2,1-2H3,(H,25,31)(H,26,29)(H,27,30)(H,32,33). The van der Waals surface area contributed by atoms with E-state index in [1.807, 2.05) is 30.5 Å². The highest BCUT2D eigenvalue weighted by molar-refractivity contribution is 7.98. The Morgan fingerprint density at radius 3 is 2.47 bits per heavy atom. The van der Waals surface area contributed by atoms with E-state index in [1.54, 1.807) is 6.20 Å². The number of H-pyrrole nitrogens is 1. The average Bonchev–Trinajstić information content (AvgIpc) is 3.21. The van der Waals surface area contributed by atoms with Gasteiger partial charge in [0.05, 0.1) is 12.6 Å². The van der Waals surface area contributed by atoms with E-state index in [1.165, 1.54) is 18.7 Å². The summed E-state index contributed by atoms with van der Waals surface area (Å²) in [6.45, 7) is 0.882. The number of hydrogen-bond donors (Lipinski definition) is 7. The lowest BCUT2D eigenvalue weighted by atomic mass is 10.0. The fourth-order valence-electron chi connectivity index (χ4n) is 3.24. The number of nitrogens with two attached hydrogens (primary N) is 1. The highest BCUT2D eigenvalue weighted by atomic mass is 32.2. The van der Waals surface area contributed by atoms with Gasteiger partial charge in [0.25, 0.3) is 0 Å². The predicted octanol–water partition coefficient (Wildman–Crippen LogP) is -0.658. The van der Waals surface area contributed by atoms with Gasteiger partial charge in [-0.05, 0) is 37.0 Å². The molecule has 0 aliphatic carbocycles. The van der Waals surface area contributed by atoms with E-state index >= 15 is 0 Å². The first kappa shape index (κ1) is 27.2. The minimum absolute atomic E-state index is 0.0948. The molecular formula is C22H31N5O6S. The number of benzene rings is 1. The lowest BCUT2D eigenvalue weighted by molar-refractivity contribution is -0.142. The van der Waals surface area contributed by atoms with Crippen LogP contribution in [-0.4, -0.2) is 81.7 Å². The van der Waals surface area contributed by atoms with E-state index in [-0.39, 0.29) is 12.8 Å². The second-order valence-corrected chi connectivity index (χ2v) is 8.83. The maximum atomic E-state index is 13.0. The van der Waals surface area contributed by atoms with E-state index in [4.69, 9.17) is 5.73 Å². The number of nitrogens with one attached hydrogen (secondary N) is 4. The van der Waals surface area contributed by atoms with Crippen molar-refractivity contribution in [3.05, 3.63) is 36.0 Å². The van der Waals surface area contributed by atoms with Crippen LogP contribution in [0.5, 0.6) is 0 Å². The number of rotatable bonds is 13. The van der Waals surface area contributed by atoms with Crippen molar-refractivity contribution in [1.29, 1.82) is 0 Å². The maximum absolute atomic E-state index is 13.0. The number of para-hydroxylation sites is 1. The van der Waals surface area contributed by atoms with E-state index < -0.39 is 54.5 Å². The van der Waals surface area contributed by atoms with E-state index in [9.17, 15) is 29.4 Å².